The number of piperidine rings is 1. The molecule has 170 valence electrons. The third-order valence-electron chi connectivity index (χ3n) is 6.25. The van der Waals surface area contributed by atoms with Gasteiger partial charge in [0.05, 0.1) is 30.8 Å². The molecular weight excluding hydrogens is 423 g/mol. The Morgan fingerprint density at radius 2 is 2.09 bits per heavy atom. The summed E-state index contributed by atoms with van der Waals surface area (Å²) in [5.41, 5.74) is 3.13. The lowest BCUT2D eigenvalue weighted by atomic mass is 10.1. The summed E-state index contributed by atoms with van der Waals surface area (Å²) in [5, 5.41) is 4.01. The highest BCUT2D eigenvalue weighted by Gasteiger charge is 2.27. The van der Waals surface area contributed by atoms with Gasteiger partial charge in [-0.3, -0.25) is 4.40 Å². The van der Waals surface area contributed by atoms with E-state index in [1.165, 1.54) is 0 Å². The molecule has 8 heteroatoms. The first-order chi connectivity index (χ1) is 16.2. The number of aromatic nitrogens is 3. The zero-order chi connectivity index (χ0) is 22.2. The molecule has 1 N–H and O–H groups in total. The standard InChI is InChI=1S/C25H25FN4O3/c26-19-13-27-9-6-22(19)33-23-3-1-2-16-4-5-20(29-25(16)23)21-14-28-24-12-17(7-10-30(21)24)32-18-8-11-31-15-18/h1-5,7,10,12,14,18-19,22,27H,6,8-9,11,13,15H2/t18-,19-,22?/m0/s1. The summed E-state index contributed by atoms with van der Waals surface area (Å²) in [5.74, 6) is 1.38. The van der Waals surface area contributed by atoms with Gasteiger partial charge < -0.3 is 19.5 Å². The minimum atomic E-state index is -1.04. The van der Waals surface area contributed by atoms with E-state index in [2.05, 4.69) is 10.3 Å². The summed E-state index contributed by atoms with van der Waals surface area (Å²) in [7, 11) is 0. The van der Waals surface area contributed by atoms with Crippen LogP contribution in [0.3, 0.4) is 0 Å². The molecule has 2 aliphatic rings. The molecule has 0 radical (unpaired) electrons. The van der Waals surface area contributed by atoms with Crippen molar-refractivity contribution >= 4 is 16.6 Å². The second-order valence-electron chi connectivity index (χ2n) is 8.53. The molecule has 2 aliphatic heterocycles. The van der Waals surface area contributed by atoms with Gasteiger partial charge in [-0.05, 0) is 31.2 Å². The monoisotopic (exact) mass is 448 g/mol. The number of ether oxygens (including phenoxy) is 3. The highest BCUT2D eigenvalue weighted by Crippen LogP contribution is 2.30. The molecule has 1 aromatic carbocycles. The quantitative estimate of drug-likeness (QED) is 0.501. The Morgan fingerprint density at radius 3 is 2.97 bits per heavy atom. The smallest absolute Gasteiger partial charge is 0.149 e. The van der Waals surface area contributed by atoms with E-state index >= 15 is 0 Å². The lowest BCUT2D eigenvalue weighted by Gasteiger charge is -2.27. The second kappa shape index (κ2) is 8.61. The molecule has 3 atom stereocenters. The van der Waals surface area contributed by atoms with Crippen molar-refractivity contribution in [1.82, 2.24) is 19.7 Å². The van der Waals surface area contributed by atoms with Gasteiger partial charge in [0, 0.05) is 30.6 Å². The molecule has 0 amide bonds. The molecule has 0 aliphatic carbocycles. The minimum Gasteiger partial charge on any atom is -0.488 e. The van der Waals surface area contributed by atoms with Gasteiger partial charge in [0.15, 0.2) is 0 Å². The molecule has 4 aromatic rings. The lowest BCUT2D eigenvalue weighted by Crippen LogP contribution is -2.44. The molecule has 2 saturated heterocycles. The van der Waals surface area contributed by atoms with Crippen molar-refractivity contribution in [2.45, 2.75) is 31.2 Å². The number of nitrogens with one attached hydrogen (secondary N) is 1. The fourth-order valence-corrected chi connectivity index (χ4v) is 4.47. The summed E-state index contributed by atoms with van der Waals surface area (Å²) in [6, 6.07) is 13.6. The largest absolute Gasteiger partial charge is 0.488 e. The highest BCUT2D eigenvalue weighted by atomic mass is 19.1. The number of halogens is 1. The van der Waals surface area contributed by atoms with Gasteiger partial charge in [0.25, 0.3) is 0 Å². The van der Waals surface area contributed by atoms with Crippen molar-refractivity contribution in [2.75, 3.05) is 26.3 Å². The number of alkyl halides is 1. The van der Waals surface area contributed by atoms with Crippen molar-refractivity contribution in [3.63, 3.8) is 0 Å². The van der Waals surface area contributed by atoms with Gasteiger partial charge in [0.2, 0.25) is 0 Å². The third-order valence-corrected chi connectivity index (χ3v) is 6.25. The first-order valence-electron chi connectivity index (χ1n) is 11.4. The van der Waals surface area contributed by atoms with E-state index in [9.17, 15) is 4.39 Å². The van der Waals surface area contributed by atoms with E-state index in [0.29, 0.717) is 25.3 Å². The van der Waals surface area contributed by atoms with Crippen LogP contribution in [-0.4, -0.2) is 59.1 Å². The van der Waals surface area contributed by atoms with Crippen LogP contribution in [0.4, 0.5) is 4.39 Å². The number of fused-ring (bicyclic) bond motifs is 2. The van der Waals surface area contributed by atoms with Crippen LogP contribution in [0.25, 0.3) is 27.9 Å². The van der Waals surface area contributed by atoms with Crippen molar-refractivity contribution in [2.24, 2.45) is 0 Å². The Balaban J connectivity index is 1.32. The SMILES string of the molecule is F[C@H]1CNCCC1Oc1cccc2ccc(-c3cnc4cc(O[C@H]5CCOC5)ccn34)nc12. The molecule has 1 unspecified atom stereocenters. The zero-order valence-corrected chi connectivity index (χ0v) is 18.1. The predicted molar refractivity (Wildman–Crippen MR) is 123 cm³/mol. The van der Waals surface area contributed by atoms with E-state index in [1.54, 1.807) is 6.20 Å². The summed E-state index contributed by atoms with van der Waals surface area (Å²) in [4.78, 5) is 9.45. The molecule has 0 spiro atoms. The van der Waals surface area contributed by atoms with Gasteiger partial charge in [-0.2, -0.15) is 0 Å². The first kappa shape index (κ1) is 20.4. The van der Waals surface area contributed by atoms with Crippen LogP contribution in [0.15, 0.2) is 54.9 Å². The predicted octanol–water partition coefficient (Wildman–Crippen LogP) is 3.80. The van der Waals surface area contributed by atoms with Crippen LogP contribution >= 0.6 is 0 Å². The Morgan fingerprint density at radius 1 is 1.12 bits per heavy atom. The summed E-state index contributed by atoms with van der Waals surface area (Å²) in [6.45, 7) is 2.42. The van der Waals surface area contributed by atoms with Crippen molar-refractivity contribution in [1.29, 1.82) is 0 Å². The van der Waals surface area contributed by atoms with Gasteiger partial charge in [0.1, 0.15) is 41.0 Å². The number of hydrogen-bond acceptors (Lipinski definition) is 6. The van der Waals surface area contributed by atoms with Gasteiger partial charge in [-0.15, -0.1) is 0 Å². The topological polar surface area (TPSA) is 69.9 Å². The summed E-state index contributed by atoms with van der Waals surface area (Å²) < 4.78 is 33.8. The Kier molecular flexibility index (Phi) is 5.32. The van der Waals surface area contributed by atoms with Crippen molar-refractivity contribution in [3.05, 3.63) is 54.9 Å². The molecule has 2 fully saturated rings. The van der Waals surface area contributed by atoms with Crippen LogP contribution in [-0.2, 0) is 4.74 Å². The Labute approximate surface area is 190 Å². The van der Waals surface area contributed by atoms with Crippen molar-refractivity contribution in [3.8, 4) is 22.9 Å². The third kappa shape index (κ3) is 4.00. The van der Waals surface area contributed by atoms with Gasteiger partial charge >= 0.3 is 0 Å². The molecular formula is C25H25FN4O3. The molecule has 5 heterocycles. The Bertz CT molecular complexity index is 1290. The van der Waals surface area contributed by atoms with Crippen LogP contribution in [0.1, 0.15) is 12.8 Å². The van der Waals surface area contributed by atoms with E-state index in [0.717, 1.165) is 53.3 Å². The highest BCUT2D eigenvalue weighted by molar-refractivity contribution is 5.86. The maximum atomic E-state index is 14.3. The van der Waals surface area contributed by atoms with Crippen LogP contribution in [0.2, 0.25) is 0 Å². The lowest BCUT2D eigenvalue weighted by molar-refractivity contribution is 0.0743. The average molecular weight is 448 g/mol. The van der Waals surface area contributed by atoms with E-state index in [4.69, 9.17) is 19.2 Å². The maximum Gasteiger partial charge on any atom is 0.149 e. The first-order valence-corrected chi connectivity index (χ1v) is 11.4. The van der Waals surface area contributed by atoms with Crippen molar-refractivity contribution < 1.29 is 18.6 Å². The van der Waals surface area contributed by atoms with E-state index in [-0.39, 0.29) is 6.10 Å². The zero-order valence-electron chi connectivity index (χ0n) is 18.1. The summed E-state index contributed by atoms with van der Waals surface area (Å²) >= 11 is 0. The second-order valence-corrected chi connectivity index (χ2v) is 8.53. The number of nitrogens with zero attached hydrogens (tertiary/aromatic N) is 3. The van der Waals surface area contributed by atoms with Crippen LogP contribution in [0.5, 0.6) is 11.5 Å². The number of imidazole rings is 1. The average Bonchev–Trinajstić information content (AvgIpc) is 3.50. The number of benzene rings is 1. The fourth-order valence-electron chi connectivity index (χ4n) is 4.47. The molecule has 6 rings (SSSR count). The van der Waals surface area contributed by atoms with Gasteiger partial charge in [-0.1, -0.05) is 18.2 Å². The number of rotatable bonds is 5. The normalized spacial score (nSPS) is 23.2. The van der Waals surface area contributed by atoms with E-state index in [1.807, 2.05) is 53.1 Å². The number of pyridine rings is 2. The molecule has 3 aromatic heterocycles. The van der Waals surface area contributed by atoms with Crippen LogP contribution < -0.4 is 14.8 Å². The summed E-state index contributed by atoms with van der Waals surface area (Å²) in [6.07, 6.45) is 3.86. The molecule has 7 nitrogen and oxygen atoms in total. The number of hydrogen-bond donors (Lipinski definition) is 1. The van der Waals surface area contributed by atoms with Gasteiger partial charge in [-0.25, -0.2) is 14.4 Å². The molecule has 33 heavy (non-hydrogen) atoms. The Hall–Kier alpha value is -3.23. The van der Waals surface area contributed by atoms with E-state index < -0.39 is 12.3 Å². The maximum absolute atomic E-state index is 14.3. The molecule has 0 bridgehead atoms. The molecule has 0 saturated carbocycles. The number of para-hydroxylation sites is 1. The van der Waals surface area contributed by atoms with Crippen LogP contribution in [0, 0.1) is 0 Å². The minimum absolute atomic E-state index is 0.0892. The fraction of sp³-hybridized carbons (Fsp3) is 0.360.